The van der Waals surface area contributed by atoms with Gasteiger partial charge < -0.3 is 0 Å². The van der Waals surface area contributed by atoms with E-state index >= 15 is 0 Å². The zero-order valence-electron chi connectivity index (χ0n) is 10.1. The molecule has 0 bridgehead atoms. The maximum atomic E-state index is 12.7. The summed E-state index contributed by atoms with van der Waals surface area (Å²) < 4.78 is 38.3. The molecule has 0 saturated carbocycles. The van der Waals surface area contributed by atoms with Crippen LogP contribution in [0.15, 0.2) is 52.7 Å². The van der Waals surface area contributed by atoms with Gasteiger partial charge in [0, 0.05) is 11.0 Å². The van der Waals surface area contributed by atoms with Crippen molar-refractivity contribution >= 4 is 33.3 Å². The van der Waals surface area contributed by atoms with E-state index in [1.165, 1.54) is 17.4 Å². The van der Waals surface area contributed by atoms with Crippen molar-refractivity contribution in [3.63, 3.8) is 0 Å². The van der Waals surface area contributed by atoms with Gasteiger partial charge in [0.25, 0.3) is 15.9 Å². The fourth-order valence-corrected chi connectivity index (χ4v) is 2.95. The van der Waals surface area contributed by atoms with Gasteiger partial charge in [0.15, 0.2) is 0 Å². The molecule has 1 heterocycles. The van der Waals surface area contributed by atoms with Gasteiger partial charge in [-0.05, 0) is 41.8 Å². The molecule has 104 valence electrons. The van der Waals surface area contributed by atoms with Gasteiger partial charge in [-0.3, -0.25) is 4.79 Å². The summed E-state index contributed by atoms with van der Waals surface area (Å²) in [6, 6.07) is 7.82. The van der Waals surface area contributed by atoms with Crippen LogP contribution in [0.1, 0.15) is 4.88 Å². The molecule has 0 spiro atoms. The Bertz CT molecular complexity index is 719. The molecule has 1 aromatic carbocycles. The lowest BCUT2D eigenvalue weighted by Crippen LogP contribution is -2.28. The van der Waals surface area contributed by atoms with Gasteiger partial charge >= 0.3 is 0 Å². The quantitative estimate of drug-likeness (QED) is 0.882. The predicted molar refractivity (Wildman–Crippen MR) is 75.1 cm³/mol. The van der Waals surface area contributed by atoms with E-state index in [9.17, 15) is 17.6 Å². The maximum Gasteiger partial charge on any atom is 0.264 e. The summed E-state index contributed by atoms with van der Waals surface area (Å²) in [5, 5.41) is 1.84. The Balaban J connectivity index is 2.08. The smallest absolute Gasteiger partial charge is 0.264 e. The van der Waals surface area contributed by atoms with Crippen LogP contribution >= 0.6 is 11.3 Å². The van der Waals surface area contributed by atoms with Crippen LogP contribution in [0.3, 0.4) is 0 Å². The van der Waals surface area contributed by atoms with E-state index in [1.54, 1.807) is 6.07 Å². The van der Waals surface area contributed by atoms with Crippen molar-refractivity contribution in [2.45, 2.75) is 4.90 Å². The summed E-state index contributed by atoms with van der Waals surface area (Å²) >= 11 is 1.42. The second-order valence-corrected chi connectivity index (χ2v) is 6.43. The van der Waals surface area contributed by atoms with Crippen LogP contribution in [0, 0.1) is 5.82 Å². The molecule has 0 saturated heterocycles. The Hall–Kier alpha value is -1.99. The van der Waals surface area contributed by atoms with Crippen LogP contribution in [0.2, 0.25) is 0 Å². The summed E-state index contributed by atoms with van der Waals surface area (Å²) in [4.78, 5) is 12.2. The Morgan fingerprint density at radius 2 is 1.90 bits per heavy atom. The highest BCUT2D eigenvalue weighted by Gasteiger charge is 2.15. The fraction of sp³-hybridized carbons (Fsp3) is 0. The van der Waals surface area contributed by atoms with Gasteiger partial charge in [-0.2, -0.15) is 0 Å². The molecule has 7 heteroatoms. The largest absolute Gasteiger partial charge is 0.269 e. The minimum atomic E-state index is -3.98. The average Bonchev–Trinajstić information content (AvgIpc) is 2.89. The number of amides is 1. The topological polar surface area (TPSA) is 63.2 Å². The first-order chi connectivity index (χ1) is 9.47. The molecule has 20 heavy (non-hydrogen) atoms. The first-order valence-corrected chi connectivity index (χ1v) is 7.87. The van der Waals surface area contributed by atoms with Gasteiger partial charge in [0.2, 0.25) is 0 Å². The third kappa shape index (κ3) is 3.75. The molecule has 0 radical (unpaired) electrons. The van der Waals surface area contributed by atoms with Crippen LogP contribution in [0.4, 0.5) is 4.39 Å². The number of nitrogens with one attached hydrogen (secondary N) is 1. The van der Waals surface area contributed by atoms with Crippen LogP contribution in [-0.4, -0.2) is 14.3 Å². The summed E-state index contributed by atoms with van der Waals surface area (Å²) in [5.41, 5.74) is 0. The molecular weight excluding hydrogens is 301 g/mol. The highest BCUT2D eigenvalue weighted by Crippen LogP contribution is 2.11. The van der Waals surface area contributed by atoms with E-state index in [2.05, 4.69) is 0 Å². The van der Waals surface area contributed by atoms with E-state index in [-0.39, 0.29) is 4.90 Å². The van der Waals surface area contributed by atoms with Crippen LogP contribution < -0.4 is 4.72 Å². The molecule has 0 unspecified atom stereocenters. The zero-order chi connectivity index (χ0) is 14.6. The number of carbonyl (C=O) groups excluding carboxylic acids is 1. The molecule has 2 aromatic rings. The fourth-order valence-electron chi connectivity index (χ4n) is 1.38. The molecule has 0 aliphatic rings. The minimum Gasteiger partial charge on any atom is -0.269 e. The SMILES string of the molecule is O=C(/C=C/c1cccs1)NS(=O)(=O)c1ccc(F)cc1. The number of benzene rings is 1. The van der Waals surface area contributed by atoms with E-state index in [0.29, 0.717) is 0 Å². The Morgan fingerprint density at radius 1 is 1.20 bits per heavy atom. The molecule has 0 fully saturated rings. The van der Waals surface area contributed by atoms with E-state index in [1.807, 2.05) is 16.2 Å². The van der Waals surface area contributed by atoms with Crippen molar-refractivity contribution in [2.75, 3.05) is 0 Å². The van der Waals surface area contributed by atoms with Gasteiger partial charge in [-0.15, -0.1) is 11.3 Å². The molecule has 0 atom stereocenters. The van der Waals surface area contributed by atoms with Crippen LogP contribution in [0.5, 0.6) is 0 Å². The van der Waals surface area contributed by atoms with Crippen molar-refractivity contribution in [3.05, 3.63) is 58.5 Å². The van der Waals surface area contributed by atoms with Gasteiger partial charge in [0.1, 0.15) is 5.82 Å². The van der Waals surface area contributed by atoms with Crippen molar-refractivity contribution < 1.29 is 17.6 Å². The summed E-state index contributed by atoms with van der Waals surface area (Å²) in [5.74, 6) is -1.31. The second kappa shape index (κ2) is 5.98. The summed E-state index contributed by atoms with van der Waals surface area (Å²) in [6.07, 6.45) is 2.65. The predicted octanol–water partition coefficient (Wildman–Crippen LogP) is 2.41. The summed E-state index contributed by atoms with van der Waals surface area (Å²) in [6.45, 7) is 0. The van der Waals surface area contributed by atoms with Crippen LogP contribution in [-0.2, 0) is 14.8 Å². The molecular formula is C13H10FNO3S2. The molecule has 1 aromatic heterocycles. The second-order valence-electron chi connectivity index (χ2n) is 3.77. The molecule has 4 nitrogen and oxygen atoms in total. The normalized spacial score (nSPS) is 11.7. The van der Waals surface area contributed by atoms with E-state index in [4.69, 9.17) is 0 Å². The van der Waals surface area contributed by atoms with Crippen molar-refractivity contribution in [1.82, 2.24) is 4.72 Å². The number of rotatable bonds is 4. The first kappa shape index (κ1) is 14.4. The Labute approximate surface area is 119 Å². The lowest BCUT2D eigenvalue weighted by Gasteiger charge is -2.04. The van der Waals surface area contributed by atoms with E-state index in [0.717, 1.165) is 35.2 Å². The number of halogens is 1. The standard InChI is InChI=1S/C13H10FNO3S2/c14-10-3-6-12(7-4-10)20(17,18)15-13(16)8-5-11-2-1-9-19-11/h1-9H,(H,15,16)/b8-5+. The highest BCUT2D eigenvalue weighted by molar-refractivity contribution is 7.90. The molecule has 1 N–H and O–H groups in total. The van der Waals surface area contributed by atoms with Crippen molar-refractivity contribution in [2.24, 2.45) is 0 Å². The highest BCUT2D eigenvalue weighted by atomic mass is 32.2. The number of hydrogen-bond acceptors (Lipinski definition) is 4. The zero-order valence-corrected chi connectivity index (χ0v) is 11.7. The number of hydrogen-bond donors (Lipinski definition) is 1. The molecule has 1 amide bonds. The molecule has 2 rings (SSSR count). The third-order valence-corrected chi connectivity index (χ3v) is 4.50. The lowest BCUT2D eigenvalue weighted by molar-refractivity contribution is -0.114. The maximum absolute atomic E-state index is 12.7. The number of thiophene rings is 1. The average molecular weight is 311 g/mol. The van der Waals surface area contributed by atoms with Crippen LogP contribution in [0.25, 0.3) is 6.08 Å². The van der Waals surface area contributed by atoms with E-state index < -0.39 is 21.7 Å². The van der Waals surface area contributed by atoms with Gasteiger partial charge in [-0.1, -0.05) is 6.07 Å². The number of sulfonamides is 1. The number of carbonyl (C=O) groups is 1. The molecule has 0 aliphatic heterocycles. The van der Waals surface area contributed by atoms with Crippen molar-refractivity contribution in [3.8, 4) is 0 Å². The Morgan fingerprint density at radius 3 is 2.50 bits per heavy atom. The molecule has 0 aliphatic carbocycles. The van der Waals surface area contributed by atoms with Gasteiger partial charge in [-0.25, -0.2) is 17.5 Å². The summed E-state index contributed by atoms with van der Waals surface area (Å²) in [7, 11) is -3.98. The lowest BCUT2D eigenvalue weighted by atomic mass is 10.4. The first-order valence-electron chi connectivity index (χ1n) is 5.51. The van der Waals surface area contributed by atoms with Crippen molar-refractivity contribution in [1.29, 1.82) is 0 Å². The third-order valence-electron chi connectivity index (χ3n) is 2.30. The monoisotopic (exact) mass is 311 g/mol. The minimum absolute atomic E-state index is 0.170. The van der Waals surface area contributed by atoms with Gasteiger partial charge in [0.05, 0.1) is 4.90 Å². The Kier molecular flexibility index (Phi) is 4.31.